The highest BCUT2D eigenvalue weighted by Crippen LogP contribution is 2.33. The number of rotatable bonds is 19. The van der Waals surface area contributed by atoms with E-state index in [-0.39, 0.29) is 28.7 Å². The highest BCUT2D eigenvalue weighted by Gasteiger charge is 2.28. The highest BCUT2D eigenvalue weighted by atomic mass is 32.2. The quantitative estimate of drug-likeness (QED) is 0.110. The van der Waals surface area contributed by atoms with Gasteiger partial charge in [-0.25, -0.2) is 17.9 Å². The van der Waals surface area contributed by atoms with Gasteiger partial charge in [-0.05, 0) is 63.5 Å². The van der Waals surface area contributed by atoms with Gasteiger partial charge in [-0.15, -0.1) is 5.10 Å². The zero-order valence-corrected chi connectivity index (χ0v) is 29.8. The van der Waals surface area contributed by atoms with Gasteiger partial charge in [-0.3, -0.25) is 4.79 Å². The van der Waals surface area contributed by atoms with Gasteiger partial charge in [0.25, 0.3) is 5.56 Å². The van der Waals surface area contributed by atoms with E-state index in [0.717, 1.165) is 50.2 Å². The lowest BCUT2D eigenvalue weighted by molar-refractivity contribution is 0.268. The van der Waals surface area contributed by atoms with Crippen molar-refractivity contribution in [3.05, 3.63) is 76.0 Å². The van der Waals surface area contributed by atoms with Crippen molar-refractivity contribution in [3.63, 3.8) is 0 Å². The molecule has 2 aromatic heterocycles. The normalized spacial score (nSPS) is 12.8. The van der Waals surface area contributed by atoms with E-state index in [2.05, 4.69) is 37.6 Å². The number of nitrogens with zero attached hydrogens (tertiary/aromatic N) is 5. The summed E-state index contributed by atoms with van der Waals surface area (Å²) < 4.78 is 37.8. The van der Waals surface area contributed by atoms with Crippen molar-refractivity contribution in [3.8, 4) is 17.1 Å². The monoisotopic (exact) mass is 664 g/mol. The maximum Gasteiger partial charge on any atom is 0.277 e. The van der Waals surface area contributed by atoms with Crippen LogP contribution in [0.1, 0.15) is 96.1 Å². The maximum absolute atomic E-state index is 14.3. The minimum atomic E-state index is -3.95. The number of sulfonamides is 1. The molecule has 1 atom stereocenters. The number of hydrogen-bond acceptors (Lipinski definition) is 7. The average Bonchev–Trinajstić information content (AvgIpc) is 3.41. The van der Waals surface area contributed by atoms with E-state index in [1.165, 1.54) is 17.1 Å². The molecule has 0 amide bonds. The van der Waals surface area contributed by atoms with Crippen LogP contribution in [0.4, 0.5) is 0 Å². The first-order valence-corrected chi connectivity index (χ1v) is 18.6. The van der Waals surface area contributed by atoms with Gasteiger partial charge in [0.15, 0.2) is 11.3 Å². The molecule has 11 heteroatoms. The number of H-pyrrole nitrogens is 1. The molecule has 2 heterocycles. The molecule has 0 radical (unpaired) electrons. The summed E-state index contributed by atoms with van der Waals surface area (Å²) in [5.74, 6) is 1.58. The summed E-state index contributed by atoms with van der Waals surface area (Å²) in [6.07, 6.45) is 6.43. The number of nitrogens with one attached hydrogen (secondary N) is 1. The van der Waals surface area contributed by atoms with E-state index in [4.69, 9.17) is 14.8 Å². The van der Waals surface area contributed by atoms with Crippen LogP contribution in [-0.4, -0.2) is 70.0 Å². The molecule has 0 aliphatic carbocycles. The lowest BCUT2D eigenvalue weighted by atomic mass is 9.97. The minimum Gasteiger partial charge on any atom is -0.493 e. The van der Waals surface area contributed by atoms with Crippen LogP contribution in [-0.2, 0) is 16.6 Å². The molecule has 10 nitrogen and oxygen atoms in total. The van der Waals surface area contributed by atoms with Crippen LogP contribution in [0.2, 0.25) is 0 Å². The predicted molar refractivity (Wildman–Crippen MR) is 189 cm³/mol. The Kier molecular flexibility index (Phi) is 13.2. The average molecular weight is 665 g/mol. The molecular weight excluding hydrogens is 613 g/mol. The van der Waals surface area contributed by atoms with E-state index < -0.39 is 10.0 Å². The smallest absolute Gasteiger partial charge is 0.277 e. The van der Waals surface area contributed by atoms with Crippen LogP contribution >= 0.6 is 0 Å². The van der Waals surface area contributed by atoms with Crippen LogP contribution < -0.4 is 10.3 Å². The molecule has 4 aromatic rings. The number of benzene rings is 2. The Balaban J connectivity index is 1.80. The van der Waals surface area contributed by atoms with E-state index in [0.29, 0.717) is 42.2 Å². The Bertz CT molecular complexity index is 1750. The number of aromatic amines is 1. The highest BCUT2D eigenvalue weighted by molar-refractivity contribution is 7.89. The van der Waals surface area contributed by atoms with Gasteiger partial charge in [-0.1, -0.05) is 83.7 Å². The zero-order valence-electron chi connectivity index (χ0n) is 29.0. The summed E-state index contributed by atoms with van der Waals surface area (Å²) in [4.78, 5) is 23.6. The first kappa shape index (κ1) is 36.3. The molecule has 4 rings (SSSR count). The summed E-state index contributed by atoms with van der Waals surface area (Å²) in [7, 11) is -3.95. The number of imidazole rings is 1. The van der Waals surface area contributed by atoms with Crippen molar-refractivity contribution in [2.24, 2.45) is 0 Å². The topological polar surface area (TPSA) is 113 Å². The Morgan fingerprint density at radius 3 is 2.36 bits per heavy atom. The number of fused-ring (bicyclic) bond motifs is 1. The summed E-state index contributed by atoms with van der Waals surface area (Å²) >= 11 is 0. The first-order chi connectivity index (χ1) is 22.7. The molecule has 47 heavy (non-hydrogen) atoms. The van der Waals surface area contributed by atoms with Crippen LogP contribution in [0, 0.1) is 6.92 Å². The third kappa shape index (κ3) is 8.69. The molecular formula is C36H52N6O4S. The molecule has 1 N–H and O–H groups in total. The maximum atomic E-state index is 14.3. The lowest BCUT2D eigenvalue weighted by Crippen LogP contribution is -2.38. The summed E-state index contributed by atoms with van der Waals surface area (Å²) in [6.45, 7) is 15.4. The zero-order chi connectivity index (χ0) is 34.0. The molecule has 1 unspecified atom stereocenters. The fourth-order valence-electron chi connectivity index (χ4n) is 6.06. The SMILES string of the molecule is CCCCCCC(CC)c1nc(C)c2c(=O)[nH]c(-c3cc(S(=O)(=O)N(CCN(CC)CC)Cc4ccccc4)ccc3OCC)nn12. The van der Waals surface area contributed by atoms with E-state index in [1.807, 2.05) is 44.2 Å². The van der Waals surface area contributed by atoms with Gasteiger partial charge < -0.3 is 14.6 Å². The van der Waals surface area contributed by atoms with Crippen molar-refractivity contribution >= 4 is 15.5 Å². The van der Waals surface area contributed by atoms with Crippen LogP contribution in [0.5, 0.6) is 5.75 Å². The summed E-state index contributed by atoms with van der Waals surface area (Å²) in [5, 5.41) is 4.90. The van der Waals surface area contributed by atoms with Gasteiger partial charge in [0.2, 0.25) is 10.0 Å². The molecule has 0 saturated heterocycles. The fraction of sp³-hybridized carbons (Fsp3) is 0.528. The molecule has 0 bridgehead atoms. The second-order valence-corrected chi connectivity index (χ2v) is 14.0. The van der Waals surface area contributed by atoms with Crippen molar-refractivity contribution < 1.29 is 13.2 Å². The van der Waals surface area contributed by atoms with Crippen molar-refractivity contribution in [2.45, 2.75) is 97.4 Å². The molecule has 0 fully saturated rings. The fourth-order valence-corrected chi connectivity index (χ4v) is 7.51. The standard InChI is InChI=1S/C36H52N6O4S/c1-7-12-13-17-20-29(8-2)35-37-27(6)33-36(43)38-34(39-42(33)35)31-25-30(21-22-32(31)46-11-5)47(44,45)41(24-23-40(9-3)10-4)26-28-18-15-14-16-19-28/h14-16,18-19,21-22,25,29H,7-13,17,20,23-24,26H2,1-6H3,(H,38,39,43). The summed E-state index contributed by atoms with van der Waals surface area (Å²) in [6, 6.07) is 14.4. The van der Waals surface area contributed by atoms with Gasteiger partial charge in [0, 0.05) is 25.6 Å². The molecule has 0 aliphatic heterocycles. The third-order valence-electron chi connectivity index (χ3n) is 8.87. The van der Waals surface area contributed by atoms with Gasteiger partial charge in [0.05, 0.1) is 22.8 Å². The minimum absolute atomic E-state index is 0.110. The Hall–Kier alpha value is -3.54. The van der Waals surface area contributed by atoms with Crippen molar-refractivity contribution in [2.75, 3.05) is 32.8 Å². The lowest BCUT2D eigenvalue weighted by Gasteiger charge is -2.26. The molecule has 2 aromatic carbocycles. The van der Waals surface area contributed by atoms with Crippen LogP contribution in [0.3, 0.4) is 0 Å². The van der Waals surface area contributed by atoms with Gasteiger partial charge in [0.1, 0.15) is 11.6 Å². The third-order valence-corrected chi connectivity index (χ3v) is 10.7. The van der Waals surface area contributed by atoms with E-state index in [1.54, 1.807) is 22.7 Å². The van der Waals surface area contributed by atoms with E-state index >= 15 is 0 Å². The largest absolute Gasteiger partial charge is 0.493 e. The molecule has 0 saturated carbocycles. The second-order valence-electron chi connectivity index (χ2n) is 12.0. The summed E-state index contributed by atoms with van der Waals surface area (Å²) in [5.41, 5.74) is 2.01. The second kappa shape index (κ2) is 17.0. The van der Waals surface area contributed by atoms with E-state index in [9.17, 15) is 13.2 Å². The van der Waals surface area contributed by atoms with Crippen molar-refractivity contribution in [1.82, 2.24) is 28.8 Å². The van der Waals surface area contributed by atoms with Crippen LogP contribution in [0.25, 0.3) is 16.9 Å². The number of unbranched alkanes of at least 4 members (excludes halogenated alkanes) is 3. The van der Waals surface area contributed by atoms with Gasteiger partial charge in [-0.2, -0.15) is 4.31 Å². The molecule has 256 valence electrons. The number of aryl methyl sites for hydroxylation is 1. The number of hydrogen-bond donors (Lipinski definition) is 1. The number of aromatic nitrogens is 4. The Morgan fingerprint density at radius 2 is 1.70 bits per heavy atom. The molecule has 0 aliphatic rings. The molecule has 0 spiro atoms. The first-order valence-electron chi connectivity index (χ1n) is 17.2. The predicted octanol–water partition coefficient (Wildman–Crippen LogP) is 6.79. The number of ether oxygens (including phenoxy) is 1. The Morgan fingerprint density at radius 1 is 0.957 bits per heavy atom. The van der Waals surface area contributed by atoms with Crippen molar-refractivity contribution in [1.29, 1.82) is 0 Å². The van der Waals surface area contributed by atoms with Crippen LogP contribution in [0.15, 0.2) is 58.2 Å². The number of likely N-dealkylation sites (N-methyl/N-ethyl adjacent to an activating group) is 1. The Labute approximate surface area is 280 Å². The van der Waals surface area contributed by atoms with Gasteiger partial charge >= 0.3 is 0 Å².